The summed E-state index contributed by atoms with van der Waals surface area (Å²) in [5.74, 6) is -2.10. The van der Waals surface area contributed by atoms with Gasteiger partial charge < -0.3 is 5.11 Å². The van der Waals surface area contributed by atoms with Gasteiger partial charge in [-0.15, -0.1) is 0 Å². The molecule has 2 rings (SSSR count). The van der Waals surface area contributed by atoms with E-state index in [9.17, 15) is 17.6 Å². The summed E-state index contributed by atoms with van der Waals surface area (Å²) < 4.78 is 39.9. The third kappa shape index (κ3) is 3.32. The Morgan fingerprint density at radius 1 is 1.19 bits per heavy atom. The van der Waals surface area contributed by atoms with Gasteiger partial charge in [-0.3, -0.25) is 4.72 Å². The van der Waals surface area contributed by atoms with Gasteiger partial charge in [-0.05, 0) is 30.3 Å². The van der Waals surface area contributed by atoms with Crippen molar-refractivity contribution in [3.8, 4) is 0 Å². The molecule has 0 spiro atoms. The van der Waals surface area contributed by atoms with Crippen molar-refractivity contribution in [1.82, 2.24) is 0 Å². The van der Waals surface area contributed by atoms with Crippen molar-refractivity contribution in [2.75, 3.05) is 4.72 Å². The summed E-state index contributed by atoms with van der Waals surface area (Å²) in [5, 5.41) is 8.75. The van der Waals surface area contributed by atoms with Gasteiger partial charge in [0.15, 0.2) is 0 Å². The van der Waals surface area contributed by atoms with Gasteiger partial charge in [0.2, 0.25) is 0 Å². The minimum absolute atomic E-state index is 0.104. The second-order valence-electron chi connectivity index (χ2n) is 4.04. The summed E-state index contributed by atoms with van der Waals surface area (Å²) in [6.45, 7) is 0. The summed E-state index contributed by atoms with van der Waals surface area (Å²) in [6.07, 6.45) is 0. The lowest BCUT2D eigenvalue weighted by molar-refractivity contribution is 0.0696. The third-order valence-electron chi connectivity index (χ3n) is 2.59. The van der Waals surface area contributed by atoms with E-state index in [1.807, 2.05) is 4.72 Å². The molecule has 21 heavy (non-hydrogen) atoms. The van der Waals surface area contributed by atoms with Crippen molar-refractivity contribution in [3.63, 3.8) is 0 Å². The molecular formula is C13H9ClFNO4S. The second-order valence-corrected chi connectivity index (χ2v) is 6.12. The Bertz CT molecular complexity index is 787. The minimum Gasteiger partial charge on any atom is -0.478 e. The molecule has 0 aromatic heterocycles. The first-order valence-corrected chi connectivity index (χ1v) is 7.47. The van der Waals surface area contributed by atoms with E-state index in [1.165, 1.54) is 30.3 Å². The maximum atomic E-state index is 13.6. The number of hydrogen-bond acceptors (Lipinski definition) is 3. The monoisotopic (exact) mass is 329 g/mol. The Morgan fingerprint density at radius 3 is 2.48 bits per heavy atom. The molecule has 0 heterocycles. The number of carbonyl (C=O) groups is 1. The summed E-state index contributed by atoms with van der Waals surface area (Å²) >= 11 is 5.74. The van der Waals surface area contributed by atoms with Crippen LogP contribution in [-0.2, 0) is 10.0 Å². The molecule has 2 aromatic carbocycles. The van der Waals surface area contributed by atoms with Crippen molar-refractivity contribution in [3.05, 3.63) is 58.9 Å². The van der Waals surface area contributed by atoms with Gasteiger partial charge in [0.1, 0.15) is 11.5 Å². The highest BCUT2D eigenvalue weighted by Gasteiger charge is 2.19. The van der Waals surface area contributed by atoms with Crippen LogP contribution in [0.4, 0.5) is 10.1 Å². The van der Waals surface area contributed by atoms with Crippen molar-refractivity contribution in [2.24, 2.45) is 0 Å². The molecule has 0 saturated heterocycles. The van der Waals surface area contributed by atoms with Crippen molar-refractivity contribution in [2.45, 2.75) is 4.90 Å². The molecule has 5 nitrogen and oxygen atoms in total. The SMILES string of the molecule is O=C(O)c1cccc(S(=O)(=O)Nc2c(F)cccc2Cl)c1. The molecule has 0 saturated carbocycles. The Balaban J connectivity index is 2.44. The van der Waals surface area contributed by atoms with E-state index in [0.717, 1.165) is 12.1 Å². The number of halogens is 2. The molecule has 0 unspecified atom stereocenters. The average Bonchev–Trinajstić information content (AvgIpc) is 2.43. The zero-order valence-corrected chi connectivity index (χ0v) is 12.0. The molecule has 0 aliphatic carbocycles. The predicted molar refractivity (Wildman–Crippen MR) is 75.6 cm³/mol. The van der Waals surface area contributed by atoms with Crippen LogP contribution in [0.1, 0.15) is 10.4 Å². The number of nitrogens with one attached hydrogen (secondary N) is 1. The van der Waals surface area contributed by atoms with Crippen LogP contribution in [-0.4, -0.2) is 19.5 Å². The molecule has 0 radical (unpaired) electrons. The molecule has 0 amide bonds. The Kier molecular flexibility index (Phi) is 4.15. The molecule has 0 bridgehead atoms. The lowest BCUT2D eigenvalue weighted by Gasteiger charge is -2.10. The number of carboxylic acids is 1. The van der Waals surface area contributed by atoms with E-state index in [4.69, 9.17) is 16.7 Å². The number of benzene rings is 2. The molecule has 0 aliphatic rings. The highest BCUT2D eigenvalue weighted by Crippen LogP contribution is 2.27. The molecule has 2 N–H and O–H groups in total. The van der Waals surface area contributed by atoms with Gasteiger partial charge >= 0.3 is 5.97 Å². The average molecular weight is 330 g/mol. The number of hydrogen-bond donors (Lipinski definition) is 2. The fraction of sp³-hybridized carbons (Fsp3) is 0. The quantitative estimate of drug-likeness (QED) is 0.903. The van der Waals surface area contributed by atoms with Gasteiger partial charge in [0.25, 0.3) is 10.0 Å². The van der Waals surface area contributed by atoms with Crippen LogP contribution in [0.3, 0.4) is 0 Å². The fourth-order valence-electron chi connectivity index (χ4n) is 1.58. The Morgan fingerprint density at radius 2 is 1.86 bits per heavy atom. The largest absolute Gasteiger partial charge is 0.478 e. The van der Waals surface area contributed by atoms with Gasteiger partial charge in [-0.1, -0.05) is 23.7 Å². The van der Waals surface area contributed by atoms with E-state index in [2.05, 4.69) is 0 Å². The second kappa shape index (κ2) is 5.71. The van der Waals surface area contributed by atoms with E-state index in [1.54, 1.807) is 0 Å². The summed E-state index contributed by atoms with van der Waals surface area (Å²) in [5.41, 5.74) is -0.586. The standard InChI is InChI=1S/C13H9ClFNO4S/c14-10-5-2-6-11(15)12(10)16-21(19,20)9-4-1-3-8(7-9)13(17)18/h1-7,16H,(H,17,18). The summed E-state index contributed by atoms with van der Waals surface area (Å²) in [7, 11) is -4.15. The maximum Gasteiger partial charge on any atom is 0.335 e. The van der Waals surface area contributed by atoms with Crippen molar-refractivity contribution < 1.29 is 22.7 Å². The van der Waals surface area contributed by atoms with Crippen LogP contribution in [0.15, 0.2) is 47.4 Å². The van der Waals surface area contributed by atoms with Gasteiger partial charge in [0.05, 0.1) is 15.5 Å². The Labute approximate surface area is 125 Å². The number of carboxylic acid groups (broad SMARTS) is 1. The molecule has 0 atom stereocenters. The van der Waals surface area contributed by atoms with Crippen molar-refractivity contribution in [1.29, 1.82) is 0 Å². The van der Waals surface area contributed by atoms with Gasteiger partial charge in [-0.2, -0.15) is 0 Å². The zero-order valence-electron chi connectivity index (χ0n) is 10.4. The zero-order chi connectivity index (χ0) is 15.6. The third-order valence-corrected chi connectivity index (χ3v) is 4.25. The topological polar surface area (TPSA) is 83.5 Å². The van der Waals surface area contributed by atoms with E-state index in [-0.39, 0.29) is 21.2 Å². The van der Waals surface area contributed by atoms with Crippen LogP contribution < -0.4 is 4.72 Å². The first-order chi connectivity index (χ1) is 9.81. The molecule has 0 fully saturated rings. The highest BCUT2D eigenvalue weighted by atomic mass is 35.5. The number of aromatic carboxylic acids is 1. The predicted octanol–water partition coefficient (Wildman–Crippen LogP) is 2.98. The first-order valence-electron chi connectivity index (χ1n) is 5.61. The Hall–Kier alpha value is -2.12. The fourth-order valence-corrected chi connectivity index (χ4v) is 2.99. The van der Waals surface area contributed by atoms with E-state index in [0.29, 0.717) is 0 Å². The lowest BCUT2D eigenvalue weighted by Crippen LogP contribution is -2.15. The molecule has 110 valence electrons. The smallest absolute Gasteiger partial charge is 0.335 e. The van der Waals surface area contributed by atoms with Crippen LogP contribution in [0.25, 0.3) is 0 Å². The van der Waals surface area contributed by atoms with Crippen LogP contribution in [0, 0.1) is 5.82 Å². The number of sulfonamides is 1. The lowest BCUT2D eigenvalue weighted by atomic mass is 10.2. The normalized spacial score (nSPS) is 11.1. The van der Waals surface area contributed by atoms with E-state index < -0.39 is 21.8 Å². The van der Waals surface area contributed by atoms with E-state index >= 15 is 0 Å². The molecular weight excluding hydrogens is 321 g/mol. The molecule has 8 heteroatoms. The van der Waals surface area contributed by atoms with Gasteiger partial charge in [-0.25, -0.2) is 17.6 Å². The number of rotatable bonds is 4. The minimum atomic E-state index is -4.15. The first kappa shape index (κ1) is 15.3. The highest BCUT2D eigenvalue weighted by molar-refractivity contribution is 7.92. The van der Waals surface area contributed by atoms with Crippen LogP contribution >= 0.6 is 11.6 Å². The van der Waals surface area contributed by atoms with Crippen LogP contribution in [0.2, 0.25) is 5.02 Å². The molecule has 2 aromatic rings. The van der Waals surface area contributed by atoms with Crippen LogP contribution in [0.5, 0.6) is 0 Å². The molecule has 0 aliphatic heterocycles. The number of para-hydroxylation sites is 1. The van der Waals surface area contributed by atoms with Crippen molar-refractivity contribution >= 4 is 33.3 Å². The summed E-state index contributed by atoms with van der Waals surface area (Å²) in [4.78, 5) is 10.5. The number of anilines is 1. The maximum absolute atomic E-state index is 13.6. The summed E-state index contributed by atoms with van der Waals surface area (Å²) in [6, 6.07) is 8.41. The van der Waals surface area contributed by atoms with Gasteiger partial charge in [0, 0.05) is 0 Å².